The fraction of sp³-hybridized carbons (Fsp3) is 0.333. The molecule has 0 aliphatic heterocycles. The number of hydrogen-bond donors (Lipinski definition) is 2. The average Bonchev–Trinajstić information content (AvgIpc) is 2.25. The van der Waals surface area contributed by atoms with Gasteiger partial charge in [0.25, 0.3) is 5.91 Å². The van der Waals surface area contributed by atoms with Gasteiger partial charge in [-0.25, -0.2) is 0 Å². The van der Waals surface area contributed by atoms with Crippen molar-refractivity contribution in [1.82, 2.24) is 4.90 Å². The fourth-order valence-electron chi connectivity index (χ4n) is 1.47. The van der Waals surface area contributed by atoms with E-state index >= 15 is 0 Å². The van der Waals surface area contributed by atoms with Gasteiger partial charge in [-0.15, -0.1) is 0 Å². The third kappa shape index (κ3) is 3.21. The summed E-state index contributed by atoms with van der Waals surface area (Å²) in [5, 5.41) is 9.58. The Hall–Kier alpha value is -2.04. The van der Waals surface area contributed by atoms with Crippen LogP contribution < -0.4 is 5.73 Å². The summed E-state index contributed by atoms with van der Waals surface area (Å²) in [5.74, 6) is -1.09. The van der Waals surface area contributed by atoms with Crippen LogP contribution in [-0.2, 0) is 4.79 Å². The summed E-state index contributed by atoms with van der Waals surface area (Å²) in [5.41, 5.74) is 5.26. The number of primary amides is 1. The highest BCUT2D eigenvalue weighted by Crippen LogP contribution is 2.18. The molecule has 1 aromatic rings. The van der Waals surface area contributed by atoms with E-state index < -0.39 is 11.8 Å². The molecule has 0 spiro atoms. The second-order valence-corrected chi connectivity index (χ2v) is 4.01. The number of carbonyl (C=O) groups is 2. The monoisotopic (exact) mass is 236 g/mol. The third-order valence-electron chi connectivity index (χ3n) is 2.34. The molecule has 0 fully saturated rings. The Labute approximate surface area is 99.8 Å². The lowest BCUT2D eigenvalue weighted by Crippen LogP contribution is -2.42. The summed E-state index contributed by atoms with van der Waals surface area (Å²) in [6.07, 6.45) is 0. The second-order valence-electron chi connectivity index (χ2n) is 4.01. The molecule has 0 saturated carbocycles. The van der Waals surface area contributed by atoms with E-state index in [1.807, 2.05) is 0 Å². The number of hydrogen-bond acceptors (Lipinski definition) is 3. The van der Waals surface area contributed by atoms with Gasteiger partial charge in [0, 0.05) is 6.04 Å². The standard InChI is InChI=1S/C12H16N2O3/c1-8(2)14(7-11(13)16)12(17)9-5-3-4-6-10(9)15/h3-6,8,15H,7H2,1-2H3,(H2,13,16). The first-order valence-electron chi connectivity index (χ1n) is 5.30. The van der Waals surface area contributed by atoms with E-state index in [-0.39, 0.29) is 23.9 Å². The number of nitrogens with zero attached hydrogens (tertiary/aromatic N) is 1. The summed E-state index contributed by atoms with van der Waals surface area (Å²) in [4.78, 5) is 24.3. The zero-order valence-corrected chi connectivity index (χ0v) is 9.88. The molecule has 3 N–H and O–H groups in total. The minimum absolute atomic E-state index is 0.104. The van der Waals surface area contributed by atoms with Crippen LogP contribution in [0.2, 0.25) is 0 Å². The molecule has 0 aliphatic carbocycles. The highest BCUT2D eigenvalue weighted by atomic mass is 16.3. The van der Waals surface area contributed by atoms with Gasteiger partial charge in [-0.05, 0) is 26.0 Å². The van der Waals surface area contributed by atoms with Crippen LogP contribution in [0.5, 0.6) is 5.75 Å². The molecule has 0 radical (unpaired) electrons. The van der Waals surface area contributed by atoms with E-state index in [9.17, 15) is 14.7 Å². The predicted octanol–water partition coefficient (Wildman–Crippen LogP) is 0.728. The zero-order chi connectivity index (χ0) is 13.0. The molecule has 0 aliphatic rings. The summed E-state index contributed by atoms with van der Waals surface area (Å²) in [6.45, 7) is 3.40. The number of nitrogens with two attached hydrogens (primary N) is 1. The van der Waals surface area contributed by atoms with Gasteiger partial charge in [-0.2, -0.15) is 0 Å². The predicted molar refractivity (Wildman–Crippen MR) is 63.5 cm³/mol. The normalized spacial score (nSPS) is 10.3. The third-order valence-corrected chi connectivity index (χ3v) is 2.34. The molecule has 1 rings (SSSR count). The highest BCUT2D eigenvalue weighted by Gasteiger charge is 2.22. The van der Waals surface area contributed by atoms with Gasteiger partial charge >= 0.3 is 0 Å². The minimum Gasteiger partial charge on any atom is -0.507 e. The number of amides is 2. The maximum atomic E-state index is 12.1. The SMILES string of the molecule is CC(C)N(CC(N)=O)C(=O)c1ccccc1O. The van der Waals surface area contributed by atoms with Crippen molar-refractivity contribution in [3.05, 3.63) is 29.8 Å². The molecular weight excluding hydrogens is 220 g/mol. The van der Waals surface area contributed by atoms with Crippen LogP contribution in [0.15, 0.2) is 24.3 Å². The van der Waals surface area contributed by atoms with Gasteiger partial charge in [0.15, 0.2) is 0 Å². The van der Waals surface area contributed by atoms with E-state index in [1.165, 1.54) is 17.0 Å². The molecule has 2 amide bonds. The van der Waals surface area contributed by atoms with Crippen LogP contribution >= 0.6 is 0 Å². The Bertz CT molecular complexity index is 430. The van der Waals surface area contributed by atoms with Crippen molar-refractivity contribution in [3.63, 3.8) is 0 Å². The van der Waals surface area contributed by atoms with Gasteiger partial charge in [-0.3, -0.25) is 9.59 Å². The zero-order valence-electron chi connectivity index (χ0n) is 9.88. The number of phenolic OH excluding ortho intramolecular Hbond substituents is 1. The largest absolute Gasteiger partial charge is 0.507 e. The average molecular weight is 236 g/mol. The van der Waals surface area contributed by atoms with Crippen molar-refractivity contribution in [2.75, 3.05) is 6.54 Å². The molecule has 1 aromatic carbocycles. The topological polar surface area (TPSA) is 83.6 Å². The Kier molecular flexibility index (Phi) is 4.09. The lowest BCUT2D eigenvalue weighted by Gasteiger charge is -2.25. The molecule has 0 bridgehead atoms. The van der Waals surface area contributed by atoms with Crippen molar-refractivity contribution in [2.24, 2.45) is 5.73 Å². The number of para-hydroxylation sites is 1. The number of aromatic hydroxyl groups is 1. The minimum atomic E-state index is -0.581. The van der Waals surface area contributed by atoms with Crippen molar-refractivity contribution in [2.45, 2.75) is 19.9 Å². The van der Waals surface area contributed by atoms with Crippen LogP contribution in [0.25, 0.3) is 0 Å². The number of phenols is 1. The van der Waals surface area contributed by atoms with Crippen molar-refractivity contribution < 1.29 is 14.7 Å². The number of carbonyl (C=O) groups excluding carboxylic acids is 2. The Morgan fingerprint density at radius 3 is 2.41 bits per heavy atom. The first-order chi connectivity index (χ1) is 7.93. The molecule has 17 heavy (non-hydrogen) atoms. The molecule has 5 heteroatoms. The molecule has 0 unspecified atom stereocenters. The Morgan fingerprint density at radius 2 is 1.94 bits per heavy atom. The van der Waals surface area contributed by atoms with E-state index in [0.717, 1.165) is 0 Å². The van der Waals surface area contributed by atoms with Crippen LogP contribution in [0.1, 0.15) is 24.2 Å². The first-order valence-corrected chi connectivity index (χ1v) is 5.30. The summed E-state index contributed by atoms with van der Waals surface area (Å²) in [6, 6.07) is 6.04. The van der Waals surface area contributed by atoms with Gasteiger partial charge in [0.2, 0.25) is 5.91 Å². The van der Waals surface area contributed by atoms with Crippen LogP contribution in [-0.4, -0.2) is 34.4 Å². The molecule has 0 saturated heterocycles. The summed E-state index contributed by atoms with van der Waals surface area (Å²) < 4.78 is 0. The Balaban J connectivity index is 3.00. The first kappa shape index (κ1) is 13.0. The molecule has 0 atom stereocenters. The highest BCUT2D eigenvalue weighted by molar-refractivity contribution is 5.98. The lowest BCUT2D eigenvalue weighted by molar-refractivity contribution is -0.119. The molecule has 0 aromatic heterocycles. The molecule has 0 heterocycles. The van der Waals surface area contributed by atoms with Crippen LogP contribution in [0.4, 0.5) is 0 Å². The second kappa shape index (κ2) is 5.34. The van der Waals surface area contributed by atoms with Gasteiger partial charge in [0.05, 0.1) is 12.1 Å². The van der Waals surface area contributed by atoms with Crippen molar-refractivity contribution in [3.8, 4) is 5.75 Å². The van der Waals surface area contributed by atoms with Crippen LogP contribution in [0.3, 0.4) is 0 Å². The summed E-state index contributed by atoms with van der Waals surface area (Å²) >= 11 is 0. The van der Waals surface area contributed by atoms with Gasteiger partial charge < -0.3 is 15.7 Å². The van der Waals surface area contributed by atoms with Crippen molar-refractivity contribution in [1.29, 1.82) is 0 Å². The quantitative estimate of drug-likeness (QED) is 0.808. The molecule has 5 nitrogen and oxygen atoms in total. The Morgan fingerprint density at radius 1 is 1.35 bits per heavy atom. The molecular formula is C12H16N2O3. The van der Waals surface area contributed by atoms with Gasteiger partial charge in [0.1, 0.15) is 5.75 Å². The number of rotatable bonds is 4. The fourth-order valence-corrected chi connectivity index (χ4v) is 1.47. The molecule has 92 valence electrons. The smallest absolute Gasteiger partial charge is 0.258 e. The van der Waals surface area contributed by atoms with Crippen LogP contribution in [0, 0.1) is 0 Å². The van der Waals surface area contributed by atoms with E-state index in [2.05, 4.69) is 0 Å². The lowest BCUT2D eigenvalue weighted by atomic mass is 10.1. The van der Waals surface area contributed by atoms with Crippen molar-refractivity contribution >= 4 is 11.8 Å². The maximum absolute atomic E-state index is 12.1. The van der Waals surface area contributed by atoms with E-state index in [1.54, 1.807) is 26.0 Å². The van der Waals surface area contributed by atoms with Gasteiger partial charge in [-0.1, -0.05) is 12.1 Å². The van der Waals surface area contributed by atoms with E-state index in [0.29, 0.717) is 0 Å². The number of benzene rings is 1. The summed E-state index contributed by atoms with van der Waals surface area (Å²) in [7, 11) is 0. The van der Waals surface area contributed by atoms with E-state index in [4.69, 9.17) is 5.73 Å². The maximum Gasteiger partial charge on any atom is 0.258 e.